The zero-order valence-corrected chi connectivity index (χ0v) is 24.1. The molecule has 1 fully saturated rings. The maximum atomic E-state index is 11.7. The summed E-state index contributed by atoms with van der Waals surface area (Å²) < 4.78 is 8.47. The third-order valence-corrected chi connectivity index (χ3v) is 8.20. The minimum absolute atomic E-state index is 0.0109. The van der Waals surface area contributed by atoms with Crippen molar-refractivity contribution in [2.75, 3.05) is 25.0 Å². The number of benzene rings is 4. The van der Waals surface area contributed by atoms with Crippen LogP contribution in [-0.2, 0) is 6.54 Å². The van der Waals surface area contributed by atoms with Gasteiger partial charge in [-0.3, -0.25) is 10.1 Å². The molecule has 2 N–H and O–H groups in total. The fraction of sp³-hybridized carbons (Fsp3) is 0.235. The van der Waals surface area contributed by atoms with Crippen LogP contribution in [0.4, 0.5) is 16.2 Å². The van der Waals surface area contributed by atoms with E-state index in [2.05, 4.69) is 28.1 Å². The molecule has 224 valence electrons. The van der Waals surface area contributed by atoms with Crippen molar-refractivity contribution in [2.24, 2.45) is 5.92 Å². The molecule has 0 bridgehead atoms. The number of likely N-dealkylation sites (tertiary alicyclic amines) is 1. The minimum atomic E-state index is -0.930. The third-order valence-electron chi connectivity index (χ3n) is 8.20. The summed E-state index contributed by atoms with van der Waals surface area (Å²) in [5.41, 5.74) is 4.53. The Hall–Kier alpha value is -5.38. The van der Waals surface area contributed by atoms with Crippen LogP contribution in [0, 0.1) is 16.0 Å². The highest BCUT2D eigenvalue weighted by Gasteiger charge is 2.30. The van der Waals surface area contributed by atoms with Crippen LogP contribution in [0.5, 0.6) is 5.75 Å². The minimum Gasteiger partial charge on any atom is -0.491 e. The molecule has 4 aromatic carbocycles. The van der Waals surface area contributed by atoms with Crippen molar-refractivity contribution in [1.29, 1.82) is 0 Å². The molecule has 1 aromatic heterocycles. The van der Waals surface area contributed by atoms with Crippen molar-refractivity contribution < 1.29 is 19.6 Å². The lowest BCUT2D eigenvalue weighted by Crippen LogP contribution is -2.44. The van der Waals surface area contributed by atoms with Gasteiger partial charge in [0.15, 0.2) is 0 Å². The Morgan fingerprint density at radius 3 is 2.36 bits per heavy atom. The number of nitrogens with one attached hydrogen (secondary N) is 1. The van der Waals surface area contributed by atoms with Gasteiger partial charge in [0.05, 0.1) is 22.0 Å². The van der Waals surface area contributed by atoms with Crippen molar-refractivity contribution in [1.82, 2.24) is 14.5 Å². The van der Waals surface area contributed by atoms with Crippen molar-refractivity contribution in [2.45, 2.75) is 25.4 Å². The average molecular weight is 592 g/mol. The van der Waals surface area contributed by atoms with E-state index in [1.807, 2.05) is 60.7 Å². The molecule has 1 aliphatic heterocycles. The van der Waals surface area contributed by atoms with Gasteiger partial charge in [-0.15, -0.1) is 0 Å². The largest absolute Gasteiger partial charge is 0.491 e. The van der Waals surface area contributed by atoms with Crippen LogP contribution in [0.15, 0.2) is 103 Å². The Balaban J connectivity index is 1.21. The second kappa shape index (κ2) is 12.9. The standard InChI is InChI=1S/C34H33N5O5/c40-34(41)37-20-18-25(19-21-37)30(35-29-11-5-7-13-32(29)39(42)43)23-44-27-16-14-26(15-17-27)33-36-28-10-4-6-12-31(28)38(33)22-24-8-2-1-3-9-24/h1-17,25,30,35H,18-23H2,(H,40,41). The first kappa shape index (κ1) is 28.7. The molecule has 44 heavy (non-hydrogen) atoms. The van der Waals surface area contributed by atoms with Gasteiger partial charge in [-0.25, -0.2) is 9.78 Å². The summed E-state index contributed by atoms with van der Waals surface area (Å²) in [5.74, 6) is 1.60. The lowest BCUT2D eigenvalue weighted by molar-refractivity contribution is -0.384. The summed E-state index contributed by atoms with van der Waals surface area (Å²) in [6.45, 7) is 1.77. The Labute approximate surface area is 254 Å². The van der Waals surface area contributed by atoms with Crippen LogP contribution in [0.25, 0.3) is 22.4 Å². The van der Waals surface area contributed by atoms with E-state index in [-0.39, 0.29) is 24.3 Å². The van der Waals surface area contributed by atoms with E-state index in [0.29, 0.717) is 43.9 Å². The van der Waals surface area contributed by atoms with Gasteiger partial charge in [-0.2, -0.15) is 0 Å². The SMILES string of the molecule is O=C(O)N1CCC(C(COc2ccc(-c3nc4ccccc4n3Cc3ccccc3)cc2)Nc2ccccc2[N+](=O)[O-])CC1. The summed E-state index contributed by atoms with van der Waals surface area (Å²) in [6, 6.07) is 32.5. The molecular weight excluding hydrogens is 558 g/mol. The number of imidazole rings is 1. The lowest BCUT2D eigenvalue weighted by Gasteiger charge is -2.35. The molecule has 1 aliphatic rings. The molecule has 5 aromatic rings. The Morgan fingerprint density at radius 1 is 0.955 bits per heavy atom. The molecule has 10 heteroatoms. The lowest BCUT2D eigenvalue weighted by atomic mass is 9.89. The predicted octanol–water partition coefficient (Wildman–Crippen LogP) is 6.91. The highest BCUT2D eigenvalue weighted by molar-refractivity contribution is 5.81. The molecule has 6 rings (SSSR count). The number of hydrogen-bond acceptors (Lipinski definition) is 6. The Morgan fingerprint density at radius 2 is 1.64 bits per heavy atom. The fourth-order valence-electron chi connectivity index (χ4n) is 5.85. The first-order valence-corrected chi connectivity index (χ1v) is 14.7. The van der Waals surface area contributed by atoms with Crippen LogP contribution in [0.3, 0.4) is 0 Å². The number of carbonyl (C=O) groups is 1. The van der Waals surface area contributed by atoms with Crippen LogP contribution in [-0.4, -0.2) is 56.3 Å². The first-order chi connectivity index (χ1) is 21.5. The molecule has 0 aliphatic carbocycles. The number of rotatable bonds is 10. The number of amides is 1. The Kier molecular flexibility index (Phi) is 8.40. The van der Waals surface area contributed by atoms with Crippen molar-refractivity contribution in [3.05, 3.63) is 119 Å². The van der Waals surface area contributed by atoms with Crippen molar-refractivity contribution in [3.8, 4) is 17.1 Å². The van der Waals surface area contributed by atoms with E-state index in [0.717, 1.165) is 22.4 Å². The molecular formula is C34H33N5O5. The number of nitro groups is 1. The third kappa shape index (κ3) is 6.34. The number of nitrogens with zero attached hydrogens (tertiary/aromatic N) is 4. The smallest absolute Gasteiger partial charge is 0.407 e. The molecule has 1 amide bonds. The fourth-order valence-corrected chi connectivity index (χ4v) is 5.85. The number of carboxylic acid groups (broad SMARTS) is 1. The molecule has 1 saturated heterocycles. The molecule has 1 unspecified atom stereocenters. The van der Waals surface area contributed by atoms with E-state index in [9.17, 15) is 20.0 Å². The van der Waals surface area contributed by atoms with Crippen LogP contribution in [0.2, 0.25) is 0 Å². The van der Waals surface area contributed by atoms with Crippen LogP contribution < -0.4 is 10.1 Å². The highest BCUT2D eigenvalue weighted by Crippen LogP contribution is 2.31. The number of piperidine rings is 1. The van der Waals surface area contributed by atoms with E-state index in [1.54, 1.807) is 18.2 Å². The summed E-state index contributed by atoms with van der Waals surface area (Å²) in [4.78, 5) is 29.1. The zero-order chi connectivity index (χ0) is 30.5. The molecule has 1 atom stereocenters. The maximum Gasteiger partial charge on any atom is 0.407 e. The number of para-hydroxylation sites is 4. The number of aromatic nitrogens is 2. The van der Waals surface area contributed by atoms with Gasteiger partial charge in [0, 0.05) is 31.3 Å². The van der Waals surface area contributed by atoms with Gasteiger partial charge in [-0.05, 0) is 66.8 Å². The molecule has 0 spiro atoms. The highest BCUT2D eigenvalue weighted by atomic mass is 16.6. The van der Waals surface area contributed by atoms with E-state index in [4.69, 9.17) is 9.72 Å². The summed E-state index contributed by atoms with van der Waals surface area (Å²) in [6.07, 6.45) is 0.329. The zero-order valence-electron chi connectivity index (χ0n) is 24.1. The number of anilines is 1. The first-order valence-electron chi connectivity index (χ1n) is 14.7. The summed E-state index contributed by atoms with van der Waals surface area (Å²) in [5, 5.41) is 24.4. The van der Waals surface area contributed by atoms with Gasteiger partial charge >= 0.3 is 6.09 Å². The van der Waals surface area contributed by atoms with E-state index in [1.165, 1.54) is 16.5 Å². The number of nitro benzene ring substituents is 1. The van der Waals surface area contributed by atoms with Crippen LogP contribution in [0.1, 0.15) is 18.4 Å². The van der Waals surface area contributed by atoms with Gasteiger partial charge in [-0.1, -0.05) is 54.6 Å². The molecule has 10 nitrogen and oxygen atoms in total. The van der Waals surface area contributed by atoms with E-state index < -0.39 is 11.0 Å². The quantitative estimate of drug-likeness (QED) is 0.134. The van der Waals surface area contributed by atoms with Gasteiger partial charge in [0.1, 0.15) is 23.9 Å². The predicted molar refractivity (Wildman–Crippen MR) is 169 cm³/mol. The summed E-state index contributed by atoms with van der Waals surface area (Å²) >= 11 is 0. The second-order valence-electron chi connectivity index (χ2n) is 11.0. The number of hydrogen-bond donors (Lipinski definition) is 2. The monoisotopic (exact) mass is 591 g/mol. The van der Waals surface area contributed by atoms with Crippen molar-refractivity contribution in [3.63, 3.8) is 0 Å². The number of fused-ring (bicyclic) bond motifs is 1. The van der Waals surface area contributed by atoms with Crippen LogP contribution >= 0.6 is 0 Å². The summed E-state index contributed by atoms with van der Waals surface area (Å²) in [7, 11) is 0. The topological polar surface area (TPSA) is 123 Å². The van der Waals surface area contributed by atoms with E-state index >= 15 is 0 Å². The molecule has 2 heterocycles. The van der Waals surface area contributed by atoms with Gasteiger partial charge in [0.25, 0.3) is 5.69 Å². The second-order valence-corrected chi connectivity index (χ2v) is 11.0. The normalized spacial score (nSPS) is 14.3. The van der Waals surface area contributed by atoms with Gasteiger partial charge < -0.3 is 24.6 Å². The molecule has 0 radical (unpaired) electrons. The Bertz CT molecular complexity index is 1750. The molecule has 0 saturated carbocycles. The average Bonchev–Trinajstić information content (AvgIpc) is 3.42. The number of ether oxygens (including phenoxy) is 1. The van der Waals surface area contributed by atoms with Crippen molar-refractivity contribution >= 4 is 28.5 Å². The van der Waals surface area contributed by atoms with Gasteiger partial charge in [0.2, 0.25) is 0 Å². The maximum absolute atomic E-state index is 11.7.